The van der Waals surface area contributed by atoms with Crippen molar-refractivity contribution in [2.75, 3.05) is 33.4 Å². The number of ether oxygens (including phenoxy) is 1. The predicted octanol–water partition coefficient (Wildman–Crippen LogP) is 0.476. The van der Waals surface area contributed by atoms with Gasteiger partial charge in [-0.15, -0.1) is 0 Å². The molecule has 0 heterocycles. The van der Waals surface area contributed by atoms with E-state index < -0.39 is 6.10 Å². The molecule has 0 aromatic rings. The molecule has 0 aliphatic heterocycles. The molecule has 0 saturated carbocycles. The Kier molecular flexibility index (Phi) is 8.97. The van der Waals surface area contributed by atoms with E-state index in [4.69, 9.17) is 4.74 Å². The lowest BCUT2D eigenvalue weighted by Crippen LogP contribution is -2.46. The van der Waals surface area contributed by atoms with Gasteiger partial charge in [0.2, 0.25) is 5.91 Å². The average Bonchev–Trinajstić information content (AvgIpc) is 2.33. The SMILES string of the molecule is CCN(C)C(=O)C(C)NCC(O)COCC(C)C. The molecule has 0 fully saturated rings. The van der Waals surface area contributed by atoms with Crippen LogP contribution in [0.15, 0.2) is 0 Å². The van der Waals surface area contributed by atoms with Gasteiger partial charge in [0.1, 0.15) is 0 Å². The Balaban J connectivity index is 3.77. The monoisotopic (exact) mass is 260 g/mol. The molecule has 2 N–H and O–H groups in total. The number of hydrogen-bond acceptors (Lipinski definition) is 4. The zero-order valence-electron chi connectivity index (χ0n) is 12.3. The van der Waals surface area contributed by atoms with Crippen molar-refractivity contribution in [2.45, 2.75) is 39.8 Å². The van der Waals surface area contributed by atoms with Crippen LogP contribution in [-0.2, 0) is 9.53 Å². The molecule has 0 aliphatic rings. The molecular weight excluding hydrogens is 232 g/mol. The summed E-state index contributed by atoms with van der Waals surface area (Å²) in [4.78, 5) is 13.4. The van der Waals surface area contributed by atoms with Crippen molar-refractivity contribution in [1.29, 1.82) is 0 Å². The Bertz CT molecular complexity index is 234. The minimum Gasteiger partial charge on any atom is -0.389 e. The van der Waals surface area contributed by atoms with Crippen LogP contribution >= 0.6 is 0 Å². The topological polar surface area (TPSA) is 61.8 Å². The maximum atomic E-state index is 11.7. The van der Waals surface area contributed by atoms with Gasteiger partial charge >= 0.3 is 0 Å². The number of amides is 1. The summed E-state index contributed by atoms with van der Waals surface area (Å²) in [6.45, 7) is 9.85. The molecule has 0 radical (unpaired) electrons. The molecule has 0 aromatic carbocycles. The number of aliphatic hydroxyl groups is 1. The quantitative estimate of drug-likeness (QED) is 0.633. The number of hydrogen-bond donors (Lipinski definition) is 2. The summed E-state index contributed by atoms with van der Waals surface area (Å²) in [5.74, 6) is 0.497. The molecule has 1 amide bonds. The fraction of sp³-hybridized carbons (Fsp3) is 0.923. The van der Waals surface area contributed by atoms with Gasteiger partial charge in [-0.2, -0.15) is 0 Å². The van der Waals surface area contributed by atoms with Gasteiger partial charge in [-0.3, -0.25) is 4.79 Å². The zero-order valence-corrected chi connectivity index (χ0v) is 12.3. The molecule has 0 spiro atoms. The smallest absolute Gasteiger partial charge is 0.239 e. The van der Waals surface area contributed by atoms with Gasteiger partial charge in [0.15, 0.2) is 0 Å². The highest BCUT2D eigenvalue weighted by Crippen LogP contribution is 1.95. The predicted molar refractivity (Wildman–Crippen MR) is 72.4 cm³/mol. The van der Waals surface area contributed by atoms with E-state index in [0.717, 1.165) is 0 Å². The van der Waals surface area contributed by atoms with Crippen LogP contribution in [-0.4, -0.2) is 61.4 Å². The van der Waals surface area contributed by atoms with E-state index in [-0.39, 0.29) is 11.9 Å². The summed E-state index contributed by atoms with van der Waals surface area (Å²) in [5, 5.41) is 12.7. The first kappa shape index (κ1) is 17.4. The van der Waals surface area contributed by atoms with Crippen LogP contribution in [0.25, 0.3) is 0 Å². The van der Waals surface area contributed by atoms with Gasteiger partial charge in [0.25, 0.3) is 0 Å². The second-order valence-corrected chi connectivity index (χ2v) is 5.07. The summed E-state index contributed by atoms with van der Waals surface area (Å²) < 4.78 is 5.33. The van der Waals surface area contributed by atoms with Crippen LogP contribution in [0.3, 0.4) is 0 Å². The number of nitrogens with zero attached hydrogens (tertiary/aromatic N) is 1. The number of likely N-dealkylation sites (N-methyl/N-ethyl adjacent to an activating group) is 1. The molecule has 0 saturated heterocycles. The summed E-state index contributed by atoms with van der Waals surface area (Å²) in [5.41, 5.74) is 0. The summed E-state index contributed by atoms with van der Waals surface area (Å²) in [6.07, 6.45) is -0.578. The van der Waals surface area contributed by atoms with E-state index in [1.54, 1.807) is 18.9 Å². The van der Waals surface area contributed by atoms with E-state index in [1.165, 1.54) is 0 Å². The van der Waals surface area contributed by atoms with Crippen LogP contribution in [0.4, 0.5) is 0 Å². The first-order chi connectivity index (χ1) is 8.38. The minimum atomic E-state index is -0.578. The Morgan fingerprint density at radius 3 is 2.44 bits per heavy atom. The van der Waals surface area contributed by atoms with Crippen LogP contribution in [0, 0.1) is 5.92 Å². The molecule has 0 rings (SSSR count). The van der Waals surface area contributed by atoms with Gasteiger partial charge in [-0.25, -0.2) is 0 Å². The second-order valence-electron chi connectivity index (χ2n) is 5.07. The average molecular weight is 260 g/mol. The highest BCUT2D eigenvalue weighted by atomic mass is 16.5. The molecule has 0 bridgehead atoms. The van der Waals surface area contributed by atoms with E-state index in [9.17, 15) is 9.90 Å². The molecule has 5 nitrogen and oxygen atoms in total. The fourth-order valence-corrected chi connectivity index (χ4v) is 1.39. The molecular formula is C13H28N2O3. The maximum Gasteiger partial charge on any atom is 0.239 e. The molecule has 5 heteroatoms. The Hall–Kier alpha value is -0.650. The maximum absolute atomic E-state index is 11.7. The Morgan fingerprint density at radius 2 is 1.94 bits per heavy atom. The first-order valence-electron chi connectivity index (χ1n) is 6.62. The van der Waals surface area contributed by atoms with Crippen LogP contribution in [0.1, 0.15) is 27.7 Å². The van der Waals surface area contributed by atoms with E-state index in [2.05, 4.69) is 19.2 Å². The number of aliphatic hydroxyl groups excluding tert-OH is 1. The van der Waals surface area contributed by atoms with Crippen molar-refractivity contribution in [2.24, 2.45) is 5.92 Å². The Labute approximate surface area is 110 Å². The van der Waals surface area contributed by atoms with E-state index >= 15 is 0 Å². The lowest BCUT2D eigenvalue weighted by Gasteiger charge is -2.22. The standard InChI is InChI=1S/C13H28N2O3/c1-6-15(5)13(17)11(4)14-7-12(16)9-18-8-10(2)3/h10-12,14,16H,6-9H2,1-5H3. The molecule has 0 aliphatic carbocycles. The number of rotatable bonds is 9. The lowest BCUT2D eigenvalue weighted by molar-refractivity contribution is -0.131. The normalized spacial score (nSPS) is 14.6. The van der Waals surface area contributed by atoms with Gasteiger partial charge < -0.3 is 20.1 Å². The zero-order chi connectivity index (χ0) is 14.1. The van der Waals surface area contributed by atoms with Crippen LogP contribution in [0.5, 0.6) is 0 Å². The third-order valence-electron chi connectivity index (χ3n) is 2.64. The minimum absolute atomic E-state index is 0.0350. The van der Waals surface area contributed by atoms with Crippen molar-refractivity contribution in [3.63, 3.8) is 0 Å². The van der Waals surface area contributed by atoms with Crippen molar-refractivity contribution in [3.8, 4) is 0 Å². The lowest BCUT2D eigenvalue weighted by atomic mass is 10.2. The molecule has 2 atom stereocenters. The van der Waals surface area contributed by atoms with Gasteiger partial charge in [-0.05, 0) is 19.8 Å². The molecule has 2 unspecified atom stereocenters. The first-order valence-corrected chi connectivity index (χ1v) is 6.62. The van der Waals surface area contributed by atoms with Crippen LogP contribution < -0.4 is 5.32 Å². The molecule has 18 heavy (non-hydrogen) atoms. The molecule has 0 aromatic heterocycles. The van der Waals surface area contributed by atoms with Gasteiger partial charge in [0, 0.05) is 26.7 Å². The number of carbonyl (C=O) groups excluding carboxylic acids is 1. The largest absolute Gasteiger partial charge is 0.389 e. The van der Waals surface area contributed by atoms with Gasteiger partial charge in [0.05, 0.1) is 18.8 Å². The van der Waals surface area contributed by atoms with Crippen molar-refractivity contribution >= 4 is 5.91 Å². The Morgan fingerprint density at radius 1 is 1.33 bits per heavy atom. The number of nitrogens with one attached hydrogen (secondary N) is 1. The highest BCUT2D eigenvalue weighted by molar-refractivity contribution is 5.81. The molecule has 108 valence electrons. The van der Waals surface area contributed by atoms with Gasteiger partial charge in [-0.1, -0.05) is 13.8 Å². The van der Waals surface area contributed by atoms with Crippen molar-refractivity contribution in [3.05, 3.63) is 0 Å². The van der Waals surface area contributed by atoms with E-state index in [1.807, 2.05) is 6.92 Å². The fourth-order valence-electron chi connectivity index (χ4n) is 1.39. The van der Waals surface area contributed by atoms with E-state index in [0.29, 0.717) is 32.2 Å². The van der Waals surface area contributed by atoms with Crippen molar-refractivity contribution < 1.29 is 14.6 Å². The third kappa shape index (κ3) is 7.63. The second kappa shape index (κ2) is 9.30. The summed E-state index contributed by atoms with van der Waals surface area (Å²) in [7, 11) is 1.77. The summed E-state index contributed by atoms with van der Waals surface area (Å²) >= 11 is 0. The van der Waals surface area contributed by atoms with Crippen molar-refractivity contribution in [1.82, 2.24) is 10.2 Å². The highest BCUT2D eigenvalue weighted by Gasteiger charge is 2.16. The third-order valence-corrected chi connectivity index (χ3v) is 2.64. The van der Waals surface area contributed by atoms with Crippen LogP contribution in [0.2, 0.25) is 0 Å². The summed E-state index contributed by atoms with van der Waals surface area (Å²) in [6, 6.07) is -0.283. The number of carbonyl (C=O) groups is 1.